The topological polar surface area (TPSA) is 102 Å². The Labute approximate surface area is 142 Å². The second-order valence-electron chi connectivity index (χ2n) is 6.85. The summed E-state index contributed by atoms with van der Waals surface area (Å²) in [5.41, 5.74) is -0.545. The maximum absolute atomic E-state index is 12.5. The predicted molar refractivity (Wildman–Crippen MR) is 86.9 cm³/mol. The van der Waals surface area contributed by atoms with Crippen LogP contribution in [0.2, 0.25) is 0 Å². The van der Waals surface area contributed by atoms with Crippen molar-refractivity contribution in [1.29, 1.82) is 0 Å². The molecule has 24 heavy (non-hydrogen) atoms. The average molecular weight is 341 g/mol. The molecule has 0 aromatic rings. The third kappa shape index (κ3) is 5.63. The number of rotatable bonds is 6. The molecule has 0 aromatic carbocycles. The van der Waals surface area contributed by atoms with Gasteiger partial charge in [-0.15, -0.1) is 0 Å². The van der Waals surface area contributed by atoms with Gasteiger partial charge in [-0.3, -0.25) is 4.79 Å². The number of carbonyl (C=O) groups is 3. The zero-order valence-corrected chi connectivity index (χ0v) is 14.9. The summed E-state index contributed by atoms with van der Waals surface area (Å²) in [6.45, 7) is 7.14. The van der Waals surface area contributed by atoms with Crippen molar-refractivity contribution in [3.05, 3.63) is 11.6 Å². The van der Waals surface area contributed by atoms with Crippen LogP contribution in [0, 0.1) is 5.92 Å². The number of aliphatic hydroxyl groups excluding tert-OH is 1. The lowest BCUT2D eigenvalue weighted by molar-refractivity contribution is -0.159. The Balaban J connectivity index is 2.83. The van der Waals surface area contributed by atoms with Gasteiger partial charge in [0, 0.05) is 5.57 Å². The van der Waals surface area contributed by atoms with Crippen molar-refractivity contribution < 1.29 is 29.0 Å². The zero-order chi connectivity index (χ0) is 18.5. The Kier molecular flexibility index (Phi) is 6.95. The summed E-state index contributed by atoms with van der Waals surface area (Å²) >= 11 is 0. The van der Waals surface area contributed by atoms with Crippen LogP contribution in [0.3, 0.4) is 0 Å². The first-order chi connectivity index (χ1) is 11.1. The SMILES string of the molecule is CCC[C@H](NC(=O)C1CC(O)C=C1C(=O)OC)C(=O)OC(C)(C)C. The quantitative estimate of drug-likeness (QED) is 0.701. The van der Waals surface area contributed by atoms with E-state index in [1.54, 1.807) is 20.8 Å². The van der Waals surface area contributed by atoms with Crippen molar-refractivity contribution >= 4 is 17.8 Å². The molecule has 1 aliphatic carbocycles. The minimum atomic E-state index is -0.888. The van der Waals surface area contributed by atoms with Gasteiger partial charge in [-0.2, -0.15) is 0 Å². The number of carbonyl (C=O) groups excluding carboxylic acids is 3. The number of hydrogen-bond donors (Lipinski definition) is 2. The molecule has 0 fully saturated rings. The molecule has 0 heterocycles. The molecule has 3 atom stereocenters. The highest BCUT2D eigenvalue weighted by Crippen LogP contribution is 2.27. The molecule has 0 radical (unpaired) electrons. The summed E-state index contributed by atoms with van der Waals surface area (Å²) < 4.78 is 9.96. The Morgan fingerprint density at radius 3 is 2.50 bits per heavy atom. The van der Waals surface area contributed by atoms with Crippen molar-refractivity contribution in [2.24, 2.45) is 5.92 Å². The second-order valence-corrected chi connectivity index (χ2v) is 6.85. The normalized spacial score (nSPS) is 21.7. The van der Waals surface area contributed by atoms with Gasteiger partial charge in [0.15, 0.2) is 0 Å². The molecule has 7 heteroatoms. The highest BCUT2D eigenvalue weighted by molar-refractivity contribution is 5.99. The van der Waals surface area contributed by atoms with Crippen molar-refractivity contribution in [2.45, 2.75) is 64.7 Å². The molecular weight excluding hydrogens is 314 g/mol. The number of amides is 1. The van der Waals surface area contributed by atoms with Crippen LogP contribution < -0.4 is 5.32 Å². The lowest BCUT2D eigenvalue weighted by Crippen LogP contribution is -2.46. The van der Waals surface area contributed by atoms with Crippen LogP contribution in [0.1, 0.15) is 47.0 Å². The Hall–Kier alpha value is -1.89. The fourth-order valence-corrected chi connectivity index (χ4v) is 2.52. The smallest absolute Gasteiger partial charge is 0.334 e. The summed E-state index contributed by atoms with van der Waals surface area (Å²) in [7, 11) is 1.21. The van der Waals surface area contributed by atoms with Gasteiger partial charge in [0.1, 0.15) is 11.6 Å². The molecule has 1 rings (SSSR count). The van der Waals surface area contributed by atoms with Crippen LogP contribution in [0.15, 0.2) is 11.6 Å². The molecule has 2 N–H and O–H groups in total. The van der Waals surface area contributed by atoms with Gasteiger partial charge in [0.2, 0.25) is 5.91 Å². The number of aliphatic hydroxyl groups is 1. The molecule has 7 nitrogen and oxygen atoms in total. The number of esters is 2. The lowest BCUT2D eigenvalue weighted by atomic mass is 9.99. The van der Waals surface area contributed by atoms with Crippen molar-refractivity contribution in [2.75, 3.05) is 7.11 Å². The minimum absolute atomic E-state index is 0.0867. The summed E-state index contributed by atoms with van der Waals surface area (Å²) in [6.07, 6.45) is 1.62. The molecule has 0 spiro atoms. The zero-order valence-electron chi connectivity index (χ0n) is 14.9. The average Bonchev–Trinajstić information content (AvgIpc) is 2.86. The largest absolute Gasteiger partial charge is 0.466 e. The third-order valence-corrected chi connectivity index (χ3v) is 3.55. The second kappa shape index (κ2) is 8.28. The van der Waals surface area contributed by atoms with Gasteiger partial charge in [0.25, 0.3) is 0 Å². The number of ether oxygens (including phenoxy) is 2. The van der Waals surface area contributed by atoms with Gasteiger partial charge in [0.05, 0.1) is 19.1 Å². The van der Waals surface area contributed by atoms with Gasteiger partial charge < -0.3 is 19.9 Å². The third-order valence-electron chi connectivity index (χ3n) is 3.55. The number of nitrogens with one attached hydrogen (secondary N) is 1. The minimum Gasteiger partial charge on any atom is -0.466 e. The molecule has 1 amide bonds. The summed E-state index contributed by atoms with van der Waals surface area (Å²) in [6, 6.07) is -0.793. The van der Waals surface area contributed by atoms with Gasteiger partial charge in [-0.1, -0.05) is 13.3 Å². The fraction of sp³-hybridized carbons (Fsp3) is 0.706. The first-order valence-electron chi connectivity index (χ1n) is 8.10. The molecule has 0 aromatic heterocycles. The van der Waals surface area contributed by atoms with E-state index in [-0.39, 0.29) is 12.0 Å². The van der Waals surface area contributed by atoms with Crippen molar-refractivity contribution in [3.63, 3.8) is 0 Å². The first-order valence-corrected chi connectivity index (χ1v) is 8.10. The summed E-state index contributed by atoms with van der Waals surface area (Å²) in [4.78, 5) is 36.5. The van der Waals surface area contributed by atoms with Gasteiger partial charge in [-0.25, -0.2) is 9.59 Å². The van der Waals surface area contributed by atoms with E-state index in [1.807, 2.05) is 6.92 Å². The van der Waals surface area contributed by atoms with Crippen LogP contribution in [-0.4, -0.2) is 47.8 Å². The van der Waals surface area contributed by atoms with E-state index in [0.717, 1.165) is 0 Å². The first kappa shape index (κ1) is 20.2. The van der Waals surface area contributed by atoms with E-state index < -0.39 is 41.5 Å². The van der Waals surface area contributed by atoms with E-state index in [1.165, 1.54) is 13.2 Å². The molecule has 0 bridgehead atoms. The highest BCUT2D eigenvalue weighted by Gasteiger charge is 2.37. The Morgan fingerprint density at radius 1 is 1.38 bits per heavy atom. The van der Waals surface area contributed by atoms with Crippen LogP contribution in [0.5, 0.6) is 0 Å². The van der Waals surface area contributed by atoms with E-state index in [4.69, 9.17) is 4.74 Å². The standard InChI is InChI=1S/C17H27NO6/c1-6-7-13(16(22)24-17(2,3)4)18-14(20)11-8-10(19)9-12(11)15(21)23-5/h9-11,13,19H,6-8H2,1-5H3,(H,18,20)/t10?,11?,13-/m0/s1. The van der Waals surface area contributed by atoms with Crippen LogP contribution in [-0.2, 0) is 23.9 Å². The van der Waals surface area contributed by atoms with E-state index in [9.17, 15) is 19.5 Å². The Bertz CT molecular complexity index is 520. The fourth-order valence-electron chi connectivity index (χ4n) is 2.52. The summed E-state index contributed by atoms with van der Waals surface area (Å²) in [5, 5.41) is 12.3. The Morgan fingerprint density at radius 2 is 2.00 bits per heavy atom. The monoisotopic (exact) mass is 341 g/mol. The van der Waals surface area contributed by atoms with Crippen LogP contribution in [0.4, 0.5) is 0 Å². The predicted octanol–water partition coefficient (Wildman–Crippen LogP) is 1.09. The van der Waals surface area contributed by atoms with Crippen LogP contribution in [0.25, 0.3) is 0 Å². The molecule has 0 saturated carbocycles. The number of hydrogen-bond acceptors (Lipinski definition) is 6. The van der Waals surface area contributed by atoms with Gasteiger partial charge >= 0.3 is 11.9 Å². The molecule has 0 saturated heterocycles. The molecule has 2 unspecified atom stereocenters. The van der Waals surface area contributed by atoms with Gasteiger partial charge in [-0.05, 0) is 39.7 Å². The van der Waals surface area contributed by atoms with E-state index >= 15 is 0 Å². The number of methoxy groups -OCH3 is 1. The molecule has 0 aliphatic heterocycles. The maximum atomic E-state index is 12.5. The van der Waals surface area contributed by atoms with Crippen LogP contribution >= 0.6 is 0 Å². The van der Waals surface area contributed by atoms with Crippen molar-refractivity contribution in [1.82, 2.24) is 5.32 Å². The highest BCUT2D eigenvalue weighted by atomic mass is 16.6. The summed E-state index contributed by atoms with van der Waals surface area (Å²) in [5.74, 6) is -2.50. The van der Waals surface area contributed by atoms with E-state index in [2.05, 4.69) is 10.1 Å². The molecule has 136 valence electrons. The lowest BCUT2D eigenvalue weighted by Gasteiger charge is -2.25. The maximum Gasteiger partial charge on any atom is 0.334 e. The molecule has 1 aliphatic rings. The molecular formula is C17H27NO6. The van der Waals surface area contributed by atoms with E-state index in [0.29, 0.717) is 12.8 Å². The van der Waals surface area contributed by atoms with Crippen molar-refractivity contribution in [3.8, 4) is 0 Å².